The molecule has 2 heterocycles. The van der Waals surface area contributed by atoms with Crippen molar-refractivity contribution in [3.63, 3.8) is 0 Å². The van der Waals surface area contributed by atoms with Gasteiger partial charge in [0.25, 0.3) is 0 Å². The summed E-state index contributed by atoms with van der Waals surface area (Å²) in [7, 11) is 0. The van der Waals surface area contributed by atoms with E-state index < -0.39 is 0 Å². The zero-order valence-electron chi connectivity index (χ0n) is 15.3. The molecule has 0 radical (unpaired) electrons. The van der Waals surface area contributed by atoms with E-state index in [4.69, 9.17) is 0 Å². The normalized spacial score (nSPS) is 11.4. The van der Waals surface area contributed by atoms with Crippen LogP contribution < -0.4 is 9.13 Å². The molecule has 0 amide bonds. The average molecular weight is 336 g/mol. The summed E-state index contributed by atoms with van der Waals surface area (Å²) in [6.45, 7) is 8.09. The molecule has 0 saturated carbocycles. The number of benzene rings is 1. The first-order valence-electron chi connectivity index (χ1n) is 9.09. The molecule has 4 nitrogen and oxygen atoms in total. The van der Waals surface area contributed by atoms with E-state index in [2.05, 4.69) is 106 Å². The highest BCUT2D eigenvalue weighted by molar-refractivity contribution is 5.21. The second-order valence-electron chi connectivity index (χ2n) is 6.37. The highest BCUT2D eigenvalue weighted by atomic mass is 15.1. The molecule has 3 aromatic rings. The third-order valence-electron chi connectivity index (χ3n) is 4.45. The fourth-order valence-corrected chi connectivity index (χ4v) is 2.86. The Balaban J connectivity index is 1.49. The quantitative estimate of drug-likeness (QED) is 0.445. The Morgan fingerprint density at radius 3 is 2.24 bits per heavy atom. The van der Waals surface area contributed by atoms with Crippen molar-refractivity contribution in [2.45, 2.75) is 46.4 Å². The van der Waals surface area contributed by atoms with Crippen LogP contribution in [0.5, 0.6) is 0 Å². The zero-order valence-corrected chi connectivity index (χ0v) is 15.3. The molecule has 130 valence electrons. The van der Waals surface area contributed by atoms with Crippen LogP contribution in [0.4, 0.5) is 0 Å². The van der Waals surface area contributed by atoms with E-state index in [0.717, 1.165) is 32.6 Å². The van der Waals surface area contributed by atoms with Gasteiger partial charge in [0, 0.05) is 0 Å². The predicted octanol–water partition coefficient (Wildman–Crippen LogP) is 2.75. The monoisotopic (exact) mass is 336 g/mol. The molecule has 0 N–H and O–H groups in total. The molecule has 2 aromatic heterocycles. The van der Waals surface area contributed by atoms with Crippen LogP contribution in [0.2, 0.25) is 0 Å². The Hall–Kier alpha value is -2.62. The molecule has 0 atom stereocenters. The Kier molecular flexibility index (Phi) is 5.83. The number of imidazole rings is 2. The largest absolute Gasteiger partial charge is 0.244 e. The van der Waals surface area contributed by atoms with Crippen molar-refractivity contribution in [2.75, 3.05) is 0 Å². The summed E-state index contributed by atoms with van der Waals surface area (Å²) < 4.78 is 8.80. The smallest absolute Gasteiger partial charge is 0.237 e. The first kappa shape index (κ1) is 17.2. The Morgan fingerprint density at radius 1 is 0.840 bits per heavy atom. The minimum absolute atomic E-state index is 0.900. The molecule has 0 aliphatic heterocycles. The number of aromatic nitrogens is 4. The summed E-state index contributed by atoms with van der Waals surface area (Å²) in [5, 5.41) is 0. The summed E-state index contributed by atoms with van der Waals surface area (Å²) in [5.74, 6) is 0. The summed E-state index contributed by atoms with van der Waals surface area (Å²) in [5.41, 5.74) is 2.73. The van der Waals surface area contributed by atoms with Gasteiger partial charge in [-0.3, -0.25) is 0 Å². The van der Waals surface area contributed by atoms with Gasteiger partial charge in [0.05, 0.1) is 6.54 Å². The van der Waals surface area contributed by atoms with Crippen molar-refractivity contribution in [2.24, 2.45) is 0 Å². The molecular formula is C21H28N4+2. The van der Waals surface area contributed by atoms with Crippen LogP contribution >= 0.6 is 0 Å². The summed E-state index contributed by atoms with van der Waals surface area (Å²) in [6, 6.07) is 8.89. The molecule has 0 saturated heterocycles. The minimum Gasteiger partial charge on any atom is -0.237 e. The first-order valence-corrected chi connectivity index (χ1v) is 9.09. The van der Waals surface area contributed by atoms with Gasteiger partial charge in [0.2, 0.25) is 12.7 Å². The van der Waals surface area contributed by atoms with Gasteiger partial charge in [-0.05, 0) is 36.6 Å². The number of hydrogen-bond acceptors (Lipinski definition) is 0. The zero-order chi connectivity index (χ0) is 17.5. The van der Waals surface area contributed by atoms with E-state index in [1.54, 1.807) is 0 Å². The van der Waals surface area contributed by atoms with Crippen molar-refractivity contribution < 1.29 is 9.13 Å². The van der Waals surface area contributed by atoms with E-state index in [-0.39, 0.29) is 0 Å². The molecule has 0 unspecified atom stereocenters. The number of nitrogens with zero attached hydrogens (tertiary/aromatic N) is 4. The third kappa shape index (κ3) is 4.92. The Bertz CT molecular complexity index is 809. The van der Waals surface area contributed by atoms with E-state index in [1.807, 2.05) is 0 Å². The van der Waals surface area contributed by atoms with Crippen molar-refractivity contribution >= 4 is 0 Å². The van der Waals surface area contributed by atoms with E-state index >= 15 is 0 Å². The van der Waals surface area contributed by atoms with Gasteiger partial charge in [-0.1, -0.05) is 31.2 Å². The lowest BCUT2D eigenvalue weighted by molar-refractivity contribution is -0.687. The van der Waals surface area contributed by atoms with Gasteiger partial charge in [-0.15, -0.1) is 0 Å². The molecule has 0 bridgehead atoms. The number of allylic oxidation sites excluding steroid dienone is 2. The Labute approximate surface area is 150 Å². The summed E-state index contributed by atoms with van der Waals surface area (Å²) in [6.07, 6.45) is 18.3. The maximum atomic E-state index is 2.23. The standard InChI is InChI=1S/C21H28N4/c1-3-20-7-9-21(10-8-20)17-25-16-15-24(19-25)12-6-5-11-23-14-13-22(4-2)18-23/h5-10,13-16,18-19H,3-4,11-12,17H2,1-2H3/q+2/b6-5+. The van der Waals surface area contributed by atoms with E-state index in [0.29, 0.717) is 0 Å². The Morgan fingerprint density at radius 2 is 1.52 bits per heavy atom. The van der Waals surface area contributed by atoms with Crippen LogP contribution in [0, 0.1) is 0 Å². The van der Waals surface area contributed by atoms with Crippen molar-refractivity contribution in [1.82, 2.24) is 9.13 Å². The van der Waals surface area contributed by atoms with Crippen LogP contribution in [0.3, 0.4) is 0 Å². The minimum atomic E-state index is 0.900. The highest BCUT2D eigenvalue weighted by Crippen LogP contribution is 2.04. The van der Waals surface area contributed by atoms with Gasteiger partial charge in [0.1, 0.15) is 44.4 Å². The lowest BCUT2D eigenvalue weighted by atomic mass is 10.1. The number of aryl methyl sites for hydroxylation is 2. The van der Waals surface area contributed by atoms with Crippen molar-refractivity contribution in [3.8, 4) is 0 Å². The van der Waals surface area contributed by atoms with E-state index in [9.17, 15) is 0 Å². The molecule has 0 aliphatic rings. The van der Waals surface area contributed by atoms with Crippen LogP contribution in [-0.2, 0) is 32.6 Å². The van der Waals surface area contributed by atoms with Crippen molar-refractivity contribution in [1.29, 1.82) is 0 Å². The van der Waals surface area contributed by atoms with Gasteiger partial charge in [-0.2, -0.15) is 0 Å². The molecule has 0 aliphatic carbocycles. The van der Waals surface area contributed by atoms with Gasteiger partial charge < -0.3 is 0 Å². The molecule has 1 aromatic carbocycles. The molecule has 25 heavy (non-hydrogen) atoms. The molecule has 0 fully saturated rings. The maximum Gasteiger partial charge on any atom is 0.244 e. The molecule has 0 spiro atoms. The number of hydrogen-bond donors (Lipinski definition) is 0. The lowest BCUT2D eigenvalue weighted by Crippen LogP contribution is -2.31. The first-order chi connectivity index (χ1) is 12.3. The molecule has 3 rings (SSSR count). The third-order valence-corrected chi connectivity index (χ3v) is 4.45. The van der Waals surface area contributed by atoms with E-state index in [1.165, 1.54) is 11.1 Å². The van der Waals surface area contributed by atoms with Crippen LogP contribution in [0.25, 0.3) is 0 Å². The second-order valence-corrected chi connectivity index (χ2v) is 6.37. The van der Waals surface area contributed by atoms with Crippen molar-refractivity contribution in [3.05, 3.63) is 85.0 Å². The predicted molar refractivity (Wildman–Crippen MR) is 99.0 cm³/mol. The highest BCUT2D eigenvalue weighted by Gasteiger charge is 2.04. The van der Waals surface area contributed by atoms with Crippen LogP contribution in [-0.4, -0.2) is 9.13 Å². The molecular weight excluding hydrogens is 308 g/mol. The lowest BCUT2D eigenvalue weighted by Gasteiger charge is -2.00. The SMILES string of the molecule is CCc1ccc(C[n+]2ccn(C/C=C/C[n+]3ccn(CC)c3)c2)cc1. The summed E-state index contributed by atoms with van der Waals surface area (Å²) in [4.78, 5) is 0. The second kappa shape index (κ2) is 8.47. The summed E-state index contributed by atoms with van der Waals surface area (Å²) >= 11 is 0. The van der Waals surface area contributed by atoms with Crippen LogP contribution in [0.15, 0.2) is 73.9 Å². The van der Waals surface area contributed by atoms with Gasteiger partial charge in [0.15, 0.2) is 0 Å². The molecule has 4 heteroatoms. The van der Waals surface area contributed by atoms with Gasteiger partial charge >= 0.3 is 0 Å². The topological polar surface area (TPSA) is 17.6 Å². The van der Waals surface area contributed by atoms with Crippen LogP contribution in [0.1, 0.15) is 25.0 Å². The fraction of sp³-hybridized carbons (Fsp3) is 0.333. The van der Waals surface area contributed by atoms with Gasteiger partial charge in [-0.25, -0.2) is 18.3 Å². The maximum absolute atomic E-state index is 2.23. The fourth-order valence-electron chi connectivity index (χ4n) is 2.86. The number of rotatable bonds is 8. The average Bonchev–Trinajstić information content (AvgIpc) is 3.28.